The molecule has 1 amide bonds. The highest BCUT2D eigenvalue weighted by Gasteiger charge is 2.12. The van der Waals surface area contributed by atoms with E-state index in [2.05, 4.69) is 15.4 Å². The summed E-state index contributed by atoms with van der Waals surface area (Å²) in [4.78, 5) is 16.2. The van der Waals surface area contributed by atoms with E-state index in [1.807, 2.05) is 61.5 Å². The molecule has 6 heteroatoms. The van der Waals surface area contributed by atoms with Crippen LogP contribution >= 0.6 is 0 Å². The second-order valence-electron chi connectivity index (χ2n) is 5.22. The van der Waals surface area contributed by atoms with Gasteiger partial charge < -0.3 is 10.1 Å². The van der Waals surface area contributed by atoms with Crippen LogP contribution in [0, 0.1) is 6.92 Å². The van der Waals surface area contributed by atoms with Crippen LogP contribution in [0.2, 0.25) is 0 Å². The first-order valence-electron chi connectivity index (χ1n) is 7.68. The molecule has 0 fully saturated rings. The first kappa shape index (κ1) is 15.7. The Kier molecular flexibility index (Phi) is 4.86. The molecule has 0 bridgehead atoms. The van der Waals surface area contributed by atoms with E-state index in [4.69, 9.17) is 4.74 Å². The van der Waals surface area contributed by atoms with Crippen molar-refractivity contribution in [3.8, 4) is 11.4 Å². The summed E-state index contributed by atoms with van der Waals surface area (Å²) in [7, 11) is 0. The maximum Gasteiger partial charge on any atom is 0.291 e. The molecule has 2 aromatic carbocycles. The van der Waals surface area contributed by atoms with E-state index in [-0.39, 0.29) is 11.7 Å². The number of hydrogen-bond donors (Lipinski definition) is 1. The minimum atomic E-state index is -0.320. The summed E-state index contributed by atoms with van der Waals surface area (Å²) in [6.07, 6.45) is 1.54. The molecule has 3 aromatic rings. The molecule has 24 heavy (non-hydrogen) atoms. The number of rotatable bonds is 6. The number of nitrogens with one attached hydrogen (secondary N) is 1. The van der Waals surface area contributed by atoms with E-state index in [0.717, 1.165) is 17.0 Å². The van der Waals surface area contributed by atoms with Crippen molar-refractivity contribution in [3.63, 3.8) is 0 Å². The highest BCUT2D eigenvalue weighted by Crippen LogP contribution is 2.11. The van der Waals surface area contributed by atoms with Crippen molar-refractivity contribution in [2.75, 3.05) is 13.2 Å². The van der Waals surface area contributed by atoms with Gasteiger partial charge in [0.1, 0.15) is 18.7 Å². The highest BCUT2D eigenvalue weighted by atomic mass is 16.5. The molecule has 0 spiro atoms. The standard InChI is InChI=1S/C18H18N4O2/c1-14-7-5-6-10-16(14)22-13-20-17(21-22)18(23)19-11-12-24-15-8-3-2-4-9-15/h2-10,13H,11-12H2,1H3,(H,19,23). The van der Waals surface area contributed by atoms with Gasteiger partial charge in [0.15, 0.2) is 0 Å². The van der Waals surface area contributed by atoms with Crippen LogP contribution < -0.4 is 10.1 Å². The number of amides is 1. The molecule has 6 nitrogen and oxygen atoms in total. The average Bonchev–Trinajstić information content (AvgIpc) is 3.10. The Morgan fingerprint density at radius 1 is 1.12 bits per heavy atom. The summed E-state index contributed by atoms with van der Waals surface area (Å²) in [6.45, 7) is 2.75. The monoisotopic (exact) mass is 322 g/mol. The lowest BCUT2D eigenvalue weighted by Gasteiger charge is -2.06. The zero-order valence-corrected chi connectivity index (χ0v) is 13.3. The molecular formula is C18H18N4O2. The summed E-state index contributed by atoms with van der Waals surface area (Å²) in [5.74, 6) is 0.589. The van der Waals surface area contributed by atoms with Crippen LogP contribution in [0.15, 0.2) is 60.9 Å². The van der Waals surface area contributed by atoms with E-state index < -0.39 is 0 Å². The lowest BCUT2D eigenvalue weighted by Crippen LogP contribution is -2.29. The van der Waals surface area contributed by atoms with Gasteiger partial charge in [-0.15, -0.1) is 5.10 Å². The van der Waals surface area contributed by atoms with Gasteiger partial charge >= 0.3 is 0 Å². The Morgan fingerprint density at radius 2 is 1.88 bits per heavy atom. The molecule has 1 heterocycles. The minimum absolute atomic E-state index is 0.137. The molecule has 0 aliphatic heterocycles. The molecule has 3 rings (SSSR count). The number of hydrogen-bond acceptors (Lipinski definition) is 4. The Hall–Kier alpha value is -3.15. The molecule has 1 N–H and O–H groups in total. The molecule has 0 saturated heterocycles. The number of benzene rings is 2. The number of carbonyl (C=O) groups excluding carboxylic acids is 1. The third-order valence-corrected chi connectivity index (χ3v) is 3.46. The lowest BCUT2D eigenvalue weighted by molar-refractivity contribution is 0.0936. The van der Waals surface area contributed by atoms with Crippen molar-refractivity contribution in [1.29, 1.82) is 0 Å². The van der Waals surface area contributed by atoms with Gasteiger partial charge in [-0.05, 0) is 30.7 Å². The third-order valence-electron chi connectivity index (χ3n) is 3.46. The first-order valence-corrected chi connectivity index (χ1v) is 7.68. The summed E-state index contributed by atoms with van der Waals surface area (Å²) in [6, 6.07) is 17.2. The Bertz CT molecular complexity index is 815. The smallest absolute Gasteiger partial charge is 0.291 e. The number of para-hydroxylation sites is 2. The number of aryl methyl sites for hydroxylation is 1. The molecule has 0 unspecified atom stereocenters. The summed E-state index contributed by atoms with van der Waals surface area (Å²) in [5, 5.41) is 6.98. The number of nitrogens with zero attached hydrogens (tertiary/aromatic N) is 3. The van der Waals surface area contributed by atoms with E-state index in [1.165, 1.54) is 6.33 Å². The van der Waals surface area contributed by atoms with E-state index in [1.54, 1.807) is 4.68 Å². The quantitative estimate of drug-likeness (QED) is 0.708. The molecule has 0 aliphatic rings. The fraction of sp³-hybridized carbons (Fsp3) is 0.167. The normalized spacial score (nSPS) is 10.4. The largest absolute Gasteiger partial charge is 0.492 e. The van der Waals surface area contributed by atoms with Crippen molar-refractivity contribution in [2.45, 2.75) is 6.92 Å². The van der Waals surface area contributed by atoms with E-state index in [0.29, 0.717) is 13.2 Å². The summed E-state index contributed by atoms with van der Waals surface area (Å²) >= 11 is 0. The number of carbonyl (C=O) groups is 1. The van der Waals surface area contributed by atoms with Crippen LogP contribution in [0.25, 0.3) is 5.69 Å². The molecule has 122 valence electrons. The third kappa shape index (κ3) is 3.78. The van der Waals surface area contributed by atoms with Gasteiger partial charge in [0.25, 0.3) is 5.91 Å². The van der Waals surface area contributed by atoms with Gasteiger partial charge in [0.2, 0.25) is 5.82 Å². The van der Waals surface area contributed by atoms with E-state index >= 15 is 0 Å². The molecule has 0 atom stereocenters. The van der Waals surface area contributed by atoms with Crippen molar-refractivity contribution < 1.29 is 9.53 Å². The van der Waals surface area contributed by atoms with Gasteiger partial charge in [0.05, 0.1) is 12.2 Å². The van der Waals surface area contributed by atoms with Crippen LogP contribution in [0.4, 0.5) is 0 Å². The van der Waals surface area contributed by atoms with Crippen molar-refractivity contribution >= 4 is 5.91 Å². The molecule has 0 radical (unpaired) electrons. The molecule has 0 saturated carbocycles. The molecule has 0 aliphatic carbocycles. The van der Waals surface area contributed by atoms with Crippen LogP contribution in [0.1, 0.15) is 16.2 Å². The summed E-state index contributed by atoms with van der Waals surface area (Å²) < 4.78 is 7.12. The SMILES string of the molecule is Cc1ccccc1-n1cnc(C(=O)NCCOc2ccccc2)n1. The highest BCUT2D eigenvalue weighted by molar-refractivity contribution is 5.90. The average molecular weight is 322 g/mol. The predicted molar refractivity (Wildman–Crippen MR) is 90.4 cm³/mol. The van der Waals surface area contributed by atoms with Crippen molar-refractivity contribution in [1.82, 2.24) is 20.1 Å². The minimum Gasteiger partial charge on any atom is -0.492 e. The predicted octanol–water partition coefficient (Wildman–Crippen LogP) is 2.38. The molecular weight excluding hydrogens is 304 g/mol. The van der Waals surface area contributed by atoms with Gasteiger partial charge in [-0.2, -0.15) is 0 Å². The van der Waals surface area contributed by atoms with Gasteiger partial charge in [-0.25, -0.2) is 9.67 Å². The Morgan fingerprint density at radius 3 is 2.67 bits per heavy atom. The molecule has 1 aromatic heterocycles. The topological polar surface area (TPSA) is 69.0 Å². The maximum absolute atomic E-state index is 12.1. The van der Waals surface area contributed by atoms with Crippen LogP contribution in [-0.4, -0.2) is 33.8 Å². The summed E-state index contributed by atoms with van der Waals surface area (Å²) in [5.41, 5.74) is 1.96. The van der Waals surface area contributed by atoms with Crippen LogP contribution in [0.3, 0.4) is 0 Å². The van der Waals surface area contributed by atoms with Crippen molar-refractivity contribution in [2.24, 2.45) is 0 Å². The Balaban J connectivity index is 1.54. The fourth-order valence-corrected chi connectivity index (χ4v) is 2.23. The van der Waals surface area contributed by atoms with Gasteiger partial charge in [-0.3, -0.25) is 4.79 Å². The lowest BCUT2D eigenvalue weighted by atomic mass is 10.2. The van der Waals surface area contributed by atoms with Gasteiger partial charge in [0, 0.05) is 0 Å². The van der Waals surface area contributed by atoms with Crippen molar-refractivity contribution in [3.05, 3.63) is 72.3 Å². The zero-order valence-electron chi connectivity index (χ0n) is 13.3. The van der Waals surface area contributed by atoms with Crippen LogP contribution in [0.5, 0.6) is 5.75 Å². The maximum atomic E-state index is 12.1. The number of aromatic nitrogens is 3. The Labute approximate surface area is 140 Å². The fourth-order valence-electron chi connectivity index (χ4n) is 2.23. The number of ether oxygens (including phenoxy) is 1. The second-order valence-corrected chi connectivity index (χ2v) is 5.22. The van der Waals surface area contributed by atoms with Gasteiger partial charge in [-0.1, -0.05) is 36.4 Å². The van der Waals surface area contributed by atoms with E-state index in [9.17, 15) is 4.79 Å². The second kappa shape index (κ2) is 7.41. The first-order chi connectivity index (χ1) is 11.7. The zero-order chi connectivity index (χ0) is 16.8. The van der Waals surface area contributed by atoms with Crippen LogP contribution in [-0.2, 0) is 0 Å².